The SMILES string of the molecule is CCNc1nccc(NC(C)c2ccc(Cl)cc2Cl)n1. The van der Waals surface area contributed by atoms with Crippen LogP contribution < -0.4 is 10.6 Å². The van der Waals surface area contributed by atoms with Crippen molar-refractivity contribution in [1.82, 2.24) is 9.97 Å². The van der Waals surface area contributed by atoms with E-state index in [1.54, 1.807) is 12.3 Å². The largest absolute Gasteiger partial charge is 0.363 e. The van der Waals surface area contributed by atoms with Gasteiger partial charge in [-0.3, -0.25) is 0 Å². The van der Waals surface area contributed by atoms with Crippen LogP contribution in [0.1, 0.15) is 25.5 Å². The van der Waals surface area contributed by atoms with Crippen LogP contribution in [0.4, 0.5) is 11.8 Å². The number of hydrogen-bond donors (Lipinski definition) is 2. The molecule has 2 rings (SSSR count). The summed E-state index contributed by atoms with van der Waals surface area (Å²) < 4.78 is 0. The fourth-order valence-corrected chi connectivity index (χ4v) is 2.41. The van der Waals surface area contributed by atoms with Gasteiger partial charge in [0.1, 0.15) is 5.82 Å². The van der Waals surface area contributed by atoms with Crippen LogP contribution in [-0.4, -0.2) is 16.5 Å². The van der Waals surface area contributed by atoms with Crippen molar-refractivity contribution in [3.63, 3.8) is 0 Å². The first kappa shape index (κ1) is 14.9. The predicted octanol–water partition coefficient (Wildman–Crippen LogP) is 4.39. The molecule has 1 unspecified atom stereocenters. The molecule has 0 radical (unpaired) electrons. The average Bonchev–Trinajstić information content (AvgIpc) is 2.39. The fourth-order valence-electron chi connectivity index (χ4n) is 1.83. The lowest BCUT2D eigenvalue weighted by atomic mass is 10.1. The molecule has 0 aliphatic carbocycles. The standard InChI is InChI=1S/C14H16Cl2N4/c1-3-17-14-18-7-6-13(20-14)19-9(2)11-5-4-10(15)8-12(11)16/h4-9H,3H2,1-2H3,(H2,17,18,19,20). The summed E-state index contributed by atoms with van der Waals surface area (Å²) in [5.41, 5.74) is 0.972. The molecule has 0 saturated carbocycles. The van der Waals surface area contributed by atoms with E-state index >= 15 is 0 Å². The molecule has 1 aromatic heterocycles. The highest BCUT2D eigenvalue weighted by molar-refractivity contribution is 6.35. The van der Waals surface area contributed by atoms with Gasteiger partial charge >= 0.3 is 0 Å². The predicted molar refractivity (Wildman–Crippen MR) is 84.7 cm³/mol. The molecule has 0 bridgehead atoms. The van der Waals surface area contributed by atoms with Gasteiger partial charge in [-0.25, -0.2) is 4.98 Å². The van der Waals surface area contributed by atoms with E-state index in [-0.39, 0.29) is 6.04 Å². The zero-order valence-corrected chi connectivity index (χ0v) is 12.8. The molecule has 0 fully saturated rings. The normalized spacial score (nSPS) is 12.0. The monoisotopic (exact) mass is 310 g/mol. The number of benzene rings is 1. The van der Waals surface area contributed by atoms with E-state index in [2.05, 4.69) is 20.6 Å². The second-order valence-electron chi connectivity index (χ2n) is 4.33. The molecular weight excluding hydrogens is 295 g/mol. The highest BCUT2D eigenvalue weighted by Crippen LogP contribution is 2.28. The van der Waals surface area contributed by atoms with Gasteiger partial charge in [-0.2, -0.15) is 4.98 Å². The van der Waals surface area contributed by atoms with Crippen LogP contribution in [0.3, 0.4) is 0 Å². The number of nitrogens with zero attached hydrogens (tertiary/aromatic N) is 2. The van der Waals surface area contributed by atoms with E-state index in [1.165, 1.54) is 0 Å². The lowest BCUT2D eigenvalue weighted by Crippen LogP contribution is -2.10. The summed E-state index contributed by atoms with van der Waals surface area (Å²) in [4.78, 5) is 8.51. The molecule has 1 heterocycles. The van der Waals surface area contributed by atoms with Crippen molar-refractivity contribution in [3.05, 3.63) is 46.1 Å². The number of nitrogens with one attached hydrogen (secondary N) is 2. The van der Waals surface area contributed by atoms with Gasteiger partial charge in [0.25, 0.3) is 0 Å². The average molecular weight is 311 g/mol. The number of hydrogen-bond acceptors (Lipinski definition) is 4. The van der Waals surface area contributed by atoms with Crippen LogP contribution in [0.2, 0.25) is 10.0 Å². The van der Waals surface area contributed by atoms with Crippen molar-refractivity contribution in [2.45, 2.75) is 19.9 Å². The summed E-state index contributed by atoms with van der Waals surface area (Å²) in [6.07, 6.45) is 1.71. The van der Waals surface area contributed by atoms with Gasteiger partial charge in [-0.05, 0) is 37.6 Å². The zero-order chi connectivity index (χ0) is 14.5. The molecule has 2 aromatic rings. The fraction of sp³-hybridized carbons (Fsp3) is 0.286. The van der Waals surface area contributed by atoms with E-state index in [0.29, 0.717) is 16.0 Å². The molecular formula is C14H16Cl2N4. The molecule has 0 amide bonds. The van der Waals surface area contributed by atoms with Gasteiger partial charge in [-0.15, -0.1) is 0 Å². The third-order valence-corrected chi connectivity index (χ3v) is 3.35. The maximum Gasteiger partial charge on any atom is 0.224 e. The Labute approximate surface area is 128 Å². The van der Waals surface area contributed by atoms with E-state index in [4.69, 9.17) is 23.2 Å². The number of anilines is 2. The zero-order valence-electron chi connectivity index (χ0n) is 11.3. The van der Waals surface area contributed by atoms with Gasteiger partial charge in [0.2, 0.25) is 5.95 Å². The van der Waals surface area contributed by atoms with Crippen molar-refractivity contribution in [2.24, 2.45) is 0 Å². The minimum atomic E-state index is 0.0177. The third kappa shape index (κ3) is 3.74. The van der Waals surface area contributed by atoms with E-state index < -0.39 is 0 Å². The van der Waals surface area contributed by atoms with Crippen LogP contribution in [0.15, 0.2) is 30.5 Å². The molecule has 0 aliphatic rings. The van der Waals surface area contributed by atoms with Crippen molar-refractivity contribution >= 4 is 35.0 Å². The number of rotatable bonds is 5. The molecule has 0 spiro atoms. The summed E-state index contributed by atoms with van der Waals surface area (Å²) in [5, 5.41) is 7.64. The summed E-state index contributed by atoms with van der Waals surface area (Å²) >= 11 is 12.1. The van der Waals surface area contributed by atoms with Crippen molar-refractivity contribution in [1.29, 1.82) is 0 Å². The van der Waals surface area contributed by atoms with E-state index in [0.717, 1.165) is 17.9 Å². The summed E-state index contributed by atoms with van der Waals surface area (Å²) in [6, 6.07) is 7.31. The molecule has 1 aromatic carbocycles. The molecule has 0 saturated heterocycles. The van der Waals surface area contributed by atoms with Crippen molar-refractivity contribution in [3.8, 4) is 0 Å². The van der Waals surface area contributed by atoms with Crippen LogP contribution in [0.5, 0.6) is 0 Å². The highest BCUT2D eigenvalue weighted by Gasteiger charge is 2.11. The molecule has 4 nitrogen and oxygen atoms in total. The van der Waals surface area contributed by atoms with Gasteiger partial charge < -0.3 is 10.6 Å². The van der Waals surface area contributed by atoms with Crippen LogP contribution in [-0.2, 0) is 0 Å². The van der Waals surface area contributed by atoms with E-state index in [1.807, 2.05) is 32.0 Å². The van der Waals surface area contributed by atoms with Crippen LogP contribution >= 0.6 is 23.2 Å². The Morgan fingerprint density at radius 2 is 2.05 bits per heavy atom. The Bertz CT molecular complexity index is 589. The minimum Gasteiger partial charge on any atom is -0.363 e. The Kier molecular flexibility index (Phi) is 5.04. The van der Waals surface area contributed by atoms with Crippen LogP contribution in [0, 0.1) is 0 Å². The summed E-state index contributed by atoms with van der Waals surface area (Å²) in [5.74, 6) is 1.35. The second-order valence-corrected chi connectivity index (χ2v) is 5.17. The van der Waals surface area contributed by atoms with Gasteiger partial charge in [0.15, 0.2) is 0 Å². The lowest BCUT2D eigenvalue weighted by Gasteiger charge is -2.16. The molecule has 0 aliphatic heterocycles. The Morgan fingerprint density at radius 1 is 1.25 bits per heavy atom. The molecule has 1 atom stereocenters. The first-order valence-electron chi connectivity index (χ1n) is 6.38. The second kappa shape index (κ2) is 6.77. The molecule has 20 heavy (non-hydrogen) atoms. The molecule has 6 heteroatoms. The van der Waals surface area contributed by atoms with E-state index in [9.17, 15) is 0 Å². The van der Waals surface area contributed by atoms with Crippen molar-refractivity contribution in [2.75, 3.05) is 17.2 Å². The number of aromatic nitrogens is 2. The molecule has 2 N–H and O–H groups in total. The topological polar surface area (TPSA) is 49.8 Å². The third-order valence-electron chi connectivity index (χ3n) is 2.78. The lowest BCUT2D eigenvalue weighted by molar-refractivity contribution is 0.872. The molecule has 106 valence electrons. The maximum absolute atomic E-state index is 6.20. The number of halogens is 2. The Morgan fingerprint density at radius 3 is 2.75 bits per heavy atom. The summed E-state index contributed by atoms with van der Waals surface area (Å²) in [6.45, 7) is 4.80. The van der Waals surface area contributed by atoms with Crippen molar-refractivity contribution < 1.29 is 0 Å². The maximum atomic E-state index is 6.20. The minimum absolute atomic E-state index is 0.0177. The Hall–Kier alpha value is -1.52. The first-order chi connectivity index (χ1) is 9.60. The van der Waals surface area contributed by atoms with Gasteiger partial charge in [0.05, 0.1) is 6.04 Å². The quantitative estimate of drug-likeness (QED) is 0.860. The summed E-state index contributed by atoms with van der Waals surface area (Å²) in [7, 11) is 0. The first-order valence-corrected chi connectivity index (χ1v) is 7.14. The van der Waals surface area contributed by atoms with Gasteiger partial charge in [0, 0.05) is 22.8 Å². The van der Waals surface area contributed by atoms with Crippen LogP contribution in [0.25, 0.3) is 0 Å². The highest BCUT2D eigenvalue weighted by atomic mass is 35.5. The van der Waals surface area contributed by atoms with Gasteiger partial charge in [-0.1, -0.05) is 29.3 Å². The Balaban J connectivity index is 2.14. The smallest absolute Gasteiger partial charge is 0.224 e.